The SMILES string of the molecule is Cn1cc(CC(=O)N2CC[C@H](c3ccccc3F)S(=O)(=O)CC2)c2ccccc21. The molecule has 3 aromatic rings. The number of hydrogen-bond acceptors (Lipinski definition) is 3. The molecule has 0 saturated carbocycles. The zero-order valence-electron chi connectivity index (χ0n) is 16.2. The number of amides is 1. The van der Waals surface area contributed by atoms with Crippen LogP contribution >= 0.6 is 0 Å². The second kappa shape index (κ2) is 7.63. The first-order valence-electron chi connectivity index (χ1n) is 9.63. The molecular formula is C22H23FN2O3S. The quantitative estimate of drug-likeness (QED) is 0.661. The Balaban J connectivity index is 1.54. The van der Waals surface area contributed by atoms with Gasteiger partial charge in [-0.25, -0.2) is 12.8 Å². The molecule has 4 rings (SSSR count). The van der Waals surface area contributed by atoms with Gasteiger partial charge in [-0.2, -0.15) is 0 Å². The van der Waals surface area contributed by atoms with Gasteiger partial charge < -0.3 is 9.47 Å². The fraction of sp³-hybridized carbons (Fsp3) is 0.318. The molecule has 1 aromatic heterocycles. The first-order chi connectivity index (χ1) is 13.9. The number of para-hydroxylation sites is 1. The predicted octanol–water partition coefficient (Wildman–Crippen LogP) is 3.25. The highest BCUT2D eigenvalue weighted by Crippen LogP contribution is 2.31. The maximum atomic E-state index is 14.2. The summed E-state index contributed by atoms with van der Waals surface area (Å²) in [7, 11) is -1.61. The standard InChI is InChI=1S/C22H23FN2O3S/c1-24-15-16(17-6-3-5-9-20(17)24)14-22(26)25-11-10-21(29(27,28)13-12-25)18-7-2-4-8-19(18)23/h2-9,15,21H,10-14H2,1H3/t21-/m1/s1. The van der Waals surface area contributed by atoms with Gasteiger partial charge in [-0.15, -0.1) is 0 Å². The number of fused-ring (bicyclic) bond motifs is 1. The minimum atomic E-state index is -3.54. The minimum Gasteiger partial charge on any atom is -0.350 e. The maximum absolute atomic E-state index is 14.2. The van der Waals surface area contributed by atoms with Crippen molar-refractivity contribution in [1.82, 2.24) is 9.47 Å². The molecule has 0 radical (unpaired) electrons. The molecule has 152 valence electrons. The summed E-state index contributed by atoms with van der Waals surface area (Å²) in [6, 6.07) is 13.9. The van der Waals surface area contributed by atoms with Gasteiger partial charge in [-0.1, -0.05) is 36.4 Å². The molecule has 1 aliphatic heterocycles. The average Bonchev–Trinajstić information content (AvgIpc) is 2.91. The number of hydrogen-bond donors (Lipinski definition) is 0. The highest BCUT2D eigenvalue weighted by atomic mass is 32.2. The third kappa shape index (κ3) is 3.79. The molecule has 1 atom stereocenters. The summed E-state index contributed by atoms with van der Waals surface area (Å²) in [5.74, 6) is -0.782. The number of carbonyl (C=O) groups is 1. The van der Waals surface area contributed by atoms with Crippen LogP contribution in [0.25, 0.3) is 10.9 Å². The first-order valence-corrected chi connectivity index (χ1v) is 11.3. The van der Waals surface area contributed by atoms with Crippen molar-refractivity contribution in [1.29, 1.82) is 0 Å². The lowest BCUT2D eigenvalue weighted by molar-refractivity contribution is -0.130. The van der Waals surface area contributed by atoms with Crippen LogP contribution in [-0.2, 0) is 28.1 Å². The van der Waals surface area contributed by atoms with Crippen molar-refractivity contribution >= 4 is 26.6 Å². The molecule has 1 amide bonds. The van der Waals surface area contributed by atoms with Crippen LogP contribution in [0.15, 0.2) is 54.7 Å². The summed E-state index contributed by atoms with van der Waals surface area (Å²) in [6.45, 7) is 0.429. The number of aryl methyl sites for hydroxylation is 1. The Morgan fingerprint density at radius 3 is 2.62 bits per heavy atom. The summed E-state index contributed by atoms with van der Waals surface area (Å²) < 4.78 is 41.7. The van der Waals surface area contributed by atoms with Crippen LogP contribution in [0.5, 0.6) is 0 Å². The van der Waals surface area contributed by atoms with E-state index in [4.69, 9.17) is 0 Å². The van der Waals surface area contributed by atoms with Crippen LogP contribution in [-0.4, -0.2) is 42.6 Å². The number of sulfone groups is 1. The van der Waals surface area contributed by atoms with E-state index >= 15 is 0 Å². The summed E-state index contributed by atoms with van der Waals surface area (Å²) in [5, 5.41) is 0.106. The summed E-state index contributed by atoms with van der Waals surface area (Å²) in [5.41, 5.74) is 2.16. The van der Waals surface area contributed by atoms with Crippen molar-refractivity contribution in [3.05, 3.63) is 71.7 Å². The molecule has 2 heterocycles. The monoisotopic (exact) mass is 414 g/mol. The number of nitrogens with zero attached hydrogens (tertiary/aromatic N) is 2. The van der Waals surface area contributed by atoms with E-state index in [-0.39, 0.29) is 36.6 Å². The lowest BCUT2D eigenvalue weighted by atomic mass is 10.1. The molecule has 0 aliphatic carbocycles. The molecule has 7 heteroatoms. The van der Waals surface area contributed by atoms with E-state index in [0.29, 0.717) is 6.54 Å². The van der Waals surface area contributed by atoms with Gasteiger partial charge in [-0.3, -0.25) is 4.79 Å². The maximum Gasteiger partial charge on any atom is 0.227 e. The van der Waals surface area contributed by atoms with E-state index in [9.17, 15) is 17.6 Å². The van der Waals surface area contributed by atoms with E-state index in [1.165, 1.54) is 12.1 Å². The summed E-state index contributed by atoms with van der Waals surface area (Å²) in [6.07, 6.45) is 2.36. The summed E-state index contributed by atoms with van der Waals surface area (Å²) >= 11 is 0. The molecule has 29 heavy (non-hydrogen) atoms. The molecule has 5 nitrogen and oxygen atoms in total. The van der Waals surface area contributed by atoms with Crippen LogP contribution in [0.4, 0.5) is 4.39 Å². The van der Waals surface area contributed by atoms with E-state index < -0.39 is 20.9 Å². The Kier molecular flexibility index (Phi) is 5.17. The molecular weight excluding hydrogens is 391 g/mol. The van der Waals surface area contributed by atoms with E-state index in [0.717, 1.165) is 16.5 Å². The van der Waals surface area contributed by atoms with Crippen molar-refractivity contribution in [2.75, 3.05) is 18.8 Å². The Bertz CT molecular complexity index is 1170. The number of carbonyl (C=O) groups excluding carboxylic acids is 1. The van der Waals surface area contributed by atoms with Crippen LogP contribution in [0, 0.1) is 5.82 Å². The van der Waals surface area contributed by atoms with Gasteiger partial charge in [0.05, 0.1) is 17.4 Å². The van der Waals surface area contributed by atoms with Gasteiger partial charge in [0.1, 0.15) is 5.82 Å². The van der Waals surface area contributed by atoms with E-state index in [1.54, 1.807) is 17.0 Å². The predicted molar refractivity (Wildman–Crippen MR) is 111 cm³/mol. The topological polar surface area (TPSA) is 59.4 Å². The van der Waals surface area contributed by atoms with Gasteiger partial charge >= 0.3 is 0 Å². The molecule has 0 unspecified atom stereocenters. The van der Waals surface area contributed by atoms with E-state index in [2.05, 4.69) is 0 Å². The third-order valence-corrected chi connectivity index (χ3v) is 7.77. The second-order valence-corrected chi connectivity index (χ2v) is 9.81. The Labute approximate surface area is 169 Å². The van der Waals surface area contributed by atoms with Crippen LogP contribution in [0.3, 0.4) is 0 Å². The number of aromatic nitrogens is 1. The zero-order chi connectivity index (χ0) is 20.6. The number of rotatable bonds is 3. The molecule has 0 N–H and O–H groups in total. The zero-order valence-corrected chi connectivity index (χ0v) is 17.0. The van der Waals surface area contributed by atoms with Crippen molar-refractivity contribution in [3.8, 4) is 0 Å². The Hall–Kier alpha value is -2.67. The molecule has 1 saturated heterocycles. The average molecular weight is 415 g/mol. The fourth-order valence-electron chi connectivity index (χ4n) is 4.12. The number of benzene rings is 2. The normalized spacial score (nSPS) is 19.2. The van der Waals surface area contributed by atoms with E-state index in [1.807, 2.05) is 42.1 Å². The Morgan fingerprint density at radius 1 is 1.10 bits per heavy atom. The van der Waals surface area contributed by atoms with Crippen molar-refractivity contribution < 1.29 is 17.6 Å². The van der Waals surface area contributed by atoms with Gasteiger partial charge in [0.15, 0.2) is 9.84 Å². The van der Waals surface area contributed by atoms with Gasteiger partial charge in [0.25, 0.3) is 0 Å². The molecule has 0 bridgehead atoms. The van der Waals surface area contributed by atoms with Crippen molar-refractivity contribution in [2.45, 2.75) is 18.1 Å². The van der Waals surface area contributed by atoms with Crippen LogP contribution < -0.4 is 0 Å². The van der Waals surface area contributed by atoms with Crippen molar-refractivity contribution in [3.63, 3.8) is 0 Å². The lowest BCUT2D eigenvalue weighted by Crippen LogP contribution is -2.34. The van der Waals surface area contributed by atoms with Gasteiger partial charge in [0.2, 0.25) is 5.91 Å². The van der Waals surface area contributed by atoms with Crippen LogP contribution in [0.1, 0.15) is 22.8 Å². The molecule has 1 aliphatic rings. The highest BCUT2D eigenvalue weighted by molar-refractivity contribution is 7.91. The molecule has 1 fully saturated rings. The number of halogens is 1. The smallest absolute Gasteiger partial charge is 0.227 e. The lowest BCUT2D eigenvalue weighted by Gasteiger charge is -2.20. The molecule has 0 spiro atoms. The fourth-order valence-corrected chi connectivity index (χ4v) is 5.92. The first kappa shape index (κ1) is 19.6. The molecule has 2 aromatic carbocycles. The third-order valence-electron chi connectivity index (χ3n) is 5.67. The highest BCUT2D eigenvalue weighted by Gasteiger charge is 2.34. The van der Waals surface area contributed by atoms with Gasteiger partial charge in [0, 0.05) is 42.8 Å². The second-order valence-electron chi connectivity index (χ2n) is 7.51. The summed E-state index contributed by atoms with van der Waals surface area (Å²) in [4.78, 5) is 14.5. The van der Waals surface area contributed by atoms with Gasteiger partial charge in [-0.05, 0) is 24.1 Å². The largest absolute Gasteiger partial charge is 0.350 e. The van der Waals surface area contributed by atoms with Crippen molar-refractivity contribution in [2.24, 2.45) is 7.05 Å². The van der Waals surface area contributed by atoms with Crippen LogP contribution in [0.2, 0.25) is 0 Å². The minimum absolute atomic E-state index is 0.106. The Morgan fingerprint density at radius 2 is 1.83 bits per heavy atom.